The van der Waals surface area contributed by atoms with Gasteiger partial charge in [0.2, 0.25) is 5.95 Å². The molecule has 2 N–H and O–H groups in total. The number of aromatic nitrogens is 2. The number of nitrogens with zero attached hydrogens (tertiary/aromatic N) is 2. The Morgan fingerprint density at radius 2 is 2.21 bits per heavy atom. The first-order chi connectivity index (χ1) is 9.19. The van der Waals surface area contributed by atoms with Crippen molar-refractivity contribution in [1.29, 1.82) is 0 Å². The van der Waals surface area contributed by atoms with E-state index in [9.17, 15) is 4.39 Å². The van der Waals surface area contributed by atoms with E-state index in [1.165, 1.54) is 25.5 Å². The molecule has 4 nitrogen and oxygen atoms in total. The molecular weight excluding hydrogens is 243 g/mol. The molecule has 106 valence electrons. The van der Waals surface area contributed by atoms with E-state index in [1.54, 1.807) is 0 Å². The summed E-state index contributed by atoms with van der Waals surface area (Å²) in [5, 5.41) is 6.19. The first-order valence-corrected chi connectivity index (χ1v) is 7.19. The molecular formula is C14H23FN4. The zero-order chi connectivity index (χ0) is 13.7. The lowest BCUT2D eigenvalue weighted by Gasteiger charge is -2.13. The summed E-state index contributed by atoms with van der Waals surface area (Å²) in [6.07, 6.45) is 5.94. The van der Waals surface area contributed by atoms with Crippen molar-refractivity contribution in [3.05, 3.63) is 12.0 Å². The quantitative estimate of drug-likeness (QED) is 0.829. The maximum atomic E-state index is 13.6. The summed E-state index contributed by atoms with van der Waals surface area (Å²) in [7, 11) is 0. The zero-order valence-electron chi connectivity index (χ0n) is 11.7. The van der Waals surface area contributed by atoms with Gasteiger partial charge in [-0.2, -0.15) is 4.98 Å². The highest BCUT2D eigenvalue weighted by Crippen LogP contribution is 2.30. The molecule has 1 aliphatic rings. The van der Waals surface area contributed by atoms with Gasteiger partial charge in [-0.05, 0) is 31.1 Å². The third-order valence-corrected chi connectivity index (χ3v) is 3.64. The van der Waals surface area contributed by atoms with E-state index >= 15 is 0 Å². The molecule has 2 atom stereocenters. The maximum absolute atomic E-state index is 13.6. The lowest BCUT2D eigenvalue weighted by Crippen LogP contribution is -2.15. The van der Waals surface area contributed by atoms with Crippen LogP contribution in [-0.2, 0) is 0 Å². The fraction of sp³-hybridized carbons (Fsp3) is 0.714. The van der Waals surface area contributed by atoms with Gasteiger partial charge in [-0.25, -0.2) is 9.37 Å². The van der Waals surface area contributed by atoms with E-state index in [0.29, 0.717) is 17.7 Å². The monoisotopic (exact) mass is 266 g/mol. The summed E-state index contributed by atoms with van der Waals surface area (Å²) >= 11 is 0. The average molecular weight is 266 g/mol. The molecule has 5 heteroatoms. The number of rotatable bonds is 6. The SMILES string of the molecule is CCCNc1ncc(F)c(NCC2CCC(C)C2)n1. The predicted molar refractivity (Wildman–Crippen MR) is 75.8 cm³/mol. The molecule has 1 saturated carbocycles. The molecule has 19 heavy (non-hydrogen) atoms. The lowest BCUT2D eigenvalue weighted by atomic mass is 10.1. The molecule has 0 radical (unpaired) electrons. The predicted octanol–water partition coefficient (Wildman–Crippen LogP) is 3.29. The smallest absolute Gasteiger partial charge is 0.224 e. The van der Waals surface area contributed by atoms with E-state index < -0.39 is 0 Å². The van der Waals surface area contributed by atoms with E-state index in [1.807, 2.05) is 0 Å². The molecule has 1 aromatic heterocycles. The van der Waals surface area contributed by atoms with Crippen molar-refractivity contribution in [3.63, 3.8) is 0 Å². The molecule has 0 amide bonds. The molecule has 2 rings (SSSR count). The number of nitrogens with one attached hydrogen (secondary N) is 2. The Balaban J connectivity index is 1.91. The summed E-state index contributed by atoms with van der Waals surface area (Å²) in [5.41, 5.74) is 0. The third kappa shape index (κ3) is 4.04. The van der Waals surface area contributed by atoms with E-state index in [0.717, 1.165) is 25.4 Å². The summed E-state index contributed by atoms with van der Waals surface area (Å²) in [6, 6.07) is 0. The Morgan fingerprint density at radius 3 is 2.89 bits per heavy atom. The number of hydrogen-bond acceptors (Lipinski definition) is 4. The highest BCUT2D eigenvalue weighted by molar-refractivity contribution is 5.41. The van der Waals surface area contributed by atoms with Gasteiger partial charge in [-0.1, -0.05) is 20.3 Å². The fourth-order valence-electron chi connectivity index (χ4n) is 2.56. The van der Waals surface area contributed by atoms with Crippen LogP contribution in [0.3, 0.4) is 0 Å². The number of hydrogen-bond donors (Lipinski definition) is 2. The van der Waals surface area contributed by atoms with Crippen molar-refractivity contribution in [2.24, 2.45) is 11.8 Å². The highest BCUT2D eigenvalue weighted by atomic mass is 19.1. The third-order valence-electron chi connectivity index (χ3n) is 3.64. The van der Waals surface area contributed by atoms with Gasteiger partial charge in [0.15, 0.2) is 11.6 Å². The van der Waals surface area contributed by atoms with Crippen LogP contribution in [0.15, 0.2) is 6.20 Å². The van der Waals surface area contributed by atoms with Crippen molar-refractivity contribution >= 4 is 11.8 Å². The first kappa shape index (κ1) is 14.0. The minimum Gasteiger partial charge on any atom is -0.367 e. The Bertz CT molecular complexity index is 410. The van der Waals surface area contributed by atoms with Crippen LogP contribution in [0.25, 0.3) is 0 Å². The molecule has 1 aromatic rings. The largest absolute Gasteiger partial charge is 0.367 e. The molecule has 0 aliphatic heterocycles. The minimum absolute atomic E-state index is 0.313. The topological polar surface area (TPSA) is 49.8 Å². The van der Waals surface area contributed by atoms with Gasteiger partial charge in [0.25, 0.3) is 0 Å². The standard InChI is InChI=1S/C14H23FN4/c1-3-6-16-14-18-9-12(15)13(19-14)17-8-11-5-4-10(2)7-11/h9-11H,3-8H2,1-2H3,(H2,16,17,18,19). The molecule has 0 bridgehead atoms. The first-order valence-electron chi connectivity index (χ1n) is 7.19. The summed E-state index contributed by atoms with van der Waals surface area (Å²) in [5.74, 6) is 1.85. The van der Waals surface area contributed by atoms with Gasteiger partial charge in [-0.3, -0.25) is 0 Å². The summed E-state index contributed by atoms with van der Waals surface area (Å²) in [6.45, 7) is 5.94. The fourth-order valence-corrected chi connectivity index (χ4v) is 2.56. The van der Waals surface area contributed by atoms with Crippen molar-refractivity contribution in [2.45, 2.75) is 39.5 Å². The summed E-state index contributed by atoms with van der Waals surface area (Å²) < 4.78 is 13.6. The van der Waals surface area contributed by atoms with Crippen molar-refractivity contribution < 1.29 is 4.39 Å². The second-order valence-electron chi connectivity index (χ2n) is 5.48. The second kappa shape index (κ2) is 6.68. The molecule has 1 fully saturated rings. The number of anilines is 2. The van der Waals surface area contributed by atoms with Crippen LogP contribution < -0.4 is 10.6 Å². The summed E-state index contributed by atoms with van der Waals surface area (Å²) in [4.78, 5) is 8.11. The number of halogens is 1. The average Bonchev–Trinajstić information content (AvgIpc) is 2.82. The minimum atomic E-state index is -0.381. The van der Waals surface area contributed by atoms with E-state index in [2.05, 4.69) is 34.4 Å². The van der Waals surface area contributed by atoms with Crippen LogP contribution in [0.2, 0.25) is 0 Å². The molecule has 2 unspecified atom stereocenters. The van der Waals surface area contributed by atoms with Crippen LogP contribution in [0.5, 0.6) is 0 Å². The lowest BCUT2D eigenvalue weighted by molar-refractivity contribution is 0.533. The van der Waals surface area contributed by atoms with Gasteiger partial charge >= 0.3 is 0 Å². The van der Waals surface area contributed by atoms with Crippen molar-refractivity contribution in [2.75, 3.05) is 23.7 Å². The van der Waals surface area contributed by atoms with Gasteiger partial charge in [0.05, 0.1) is 6.20 Å². The molecule has 0 aromatic carbocycles. The van der Waals surface area contributed by atoms with Gasteiger partial charge in [-0.15, -0.1) is 0 Å². The molecule has 0 saturated heterocycles. The van der Waals surface area contributed by atoms with Gasteiger partial charge in [0, 0.05) is 13.1 Å². The maximum Gasteiger partial charge on any atom is 0.224 e. The van der Waals surface area contributed by atoms with Crippen LogP contribution in [0.1, 0.15) is 39.5 Å². The van der Waals surface area contributed by atoms with Gasteiger partial charge in [0.1, 0.15) is 0 Å². The molecule has 0 spiro atoms. The Kier molecular flexibility index (Phi) is 4.93. The molecule has 1 heterocycles. The Labute approximate surface area is 114 Å². The van der Waals surface area contributed by atoms with E-state index in [-0.39, 0.29) is 5.82 Å². The van der Waals surface area contributed by atoms with E-state index in [4.69, 9.17) is 0 Å². The molecule has 1 aliphatic carbocycles. The Hall–Kier alpha value is -1.39. The Morgan fingerprint density at radius 1 is 1.37 bits per heavy atom. The van der Waals surface area contributed by atoms with Crippen LogP contribution >= 0.6 is 0 Å². The van der Waals surface area contributed by atoms with Crippen molar-refractivity contribution in [3.8, 4) is 0 Å². The highest BCUT2D eigenvalue weighted by Gasteiger charge is 2.21. The van der Waals surface area contributed by atoms with Crippen LogP contribution in [-0.4, -0.2) is 23.1 Å². The van der Waals surface area contributed by atoms with Crippen molar-refractivity contribution in [1.82, 2.24) is 9.97 Å². The van der Waals surface area contributed by atoms with Gasteiger partial charge < -0.3 is 10.6 Å². The zero-order valence-corrected chi connectivity index (χ0v) is 11.7. The van der Waals surface area contributed by atoms with Crippen LogP contribution in [0.4, 0.5) is 16.2 Å². The van der Waals surface area contributed by atoms with Crippen LogP contribution in [0, 0.1) is 17.7 Å². The normalized spacial score (nSPS) is 22.5. The second-order valence-corrected chi connectivity index (χ2v) is 5.48.